The third-order valence-electron chi connectivity index (χ3n) is 4.99. The van der Waals surface area contributed by atoms with Gasteiger partial charge in [-0.05, 0) is 43.3 Å². The number of carbonyl (C=O) groups excluding carboxylic acids is 1. The Kier molecular flexibility index (Phi) is 6.73. The van der Waals surface area contributed by atoms with Gasteiger partial charge in [-0.3, -0.25) is 9.36 Å². The molecule has 2 heterocycles. The monoisotopic (exact) mass is 439 g/mol. The molecular formula is C22H25N5O3S. The fraction of sp³-hybridized carbons (Fsp3) is 0.318. The summed E-state index contributed by atoms with van der Waals surface area (Å²) >= 11 is 1.35. The smallest absolute Gasteiger partial charge is 0.234 e. The molecule has 2 aromatic carbocycles. The van der Waals surface area contributed by atoms with Crippen LogP contribution < -0.4 is 15.0 Å². The molecule has 162 valence electrons. The van der Waals surface area contributed by atoms with Crippen molar-refractivity contribution in [2.24, 2.45) is 0 Å². The van der Waals surface area contributed by atoms with E-state index in [4.69, 9.17) is 9.47 Å². The maximum absolute atomic E-state index is 12.7. The lowest BCUT2D eigenvalue weighted by Crippen LogP contribution is -2.36. The van der Waals surface area contributed by atoms with Gasteiger partial charge in [-0.2, -0.15) is 0 Å². The summed E-state index contributed by atoms with van der Waals surface area (Å²) < 4.78 is 12.6. The topological polar surface area (TPSA) is 81.5 Å². The molecular weight excluding hydrogens is 414 g/mol. The zero-order chi connectivity index (χ0) is 21.6. The summed E-state index contributed by atoms with van der Waals surface area (Å²) in [7, 11) is 1.64. The van der Waals surface area contributed by atoms with E-state index in [1.807, 2.05) is 60.0 Å². The minimum atomic E-state index is -0.0901. The number of aromatic nitrogens is 3. The van der Waals surface area contributed by atoms with Crippen LogP contribution in [0.15, 0.2) is 53.7 Å². The second-order valence-corrected chi connectivity index (χ2v) is 7.96. The fourth-order valence-electron chi connectivity index (χ4n) is 3.44. The molecule has 1 saturated heterocycles. The van der Waals surface area contributed by atoms with Gasteiger partial charge >= 0.3 is 0 Å². The number of methoxy groups -OCH3 is 1. The summed E-state index contributed by atoms with van der Waals surface area (Å²) in [4.78, 5) is 14.9. The van der Waals surface area contributed by atoms with Gasteiger partial charge in [0.2, 0.25) is 5.91 Å². The molecule has 3 aromatic rings. The number of nitrogens with zero attached hydrogens (tertiary/aromatic N) is 4. The van der Waals surface area contributed by atoms with Crippen molar-refractivity contribution in [3.05, 3.63) is 54.4 Å². The van der Waals surface area contributed by atoms with Crippen LogP contribution in [0.2, 0.25) is 0 Å². The maximum Gasteiger partial charge on any atom is 0.234 e. The molecule has 31 heavy (non-hydrogen) atoms. The summed E-state index contributed by atoms with van der Waals surface area (Å²) in [6, 6.07) is 15.5. The van der Waals surface area contributed by atoms with E-state index in [1.54, 1.807) is 7.11 Å². The van der Waals surface area contributed by atoms with E-state index in [9.17, 15) is 4.79 Å². The number of rotatable bonds is 7. The summed E-state index contributed by atoms with van der Waals surface area (Å²) in [5, 5.41) is 12.1. The quantitative estimate of drug-likeness (QED) is 0.567. The number of anilines is 2. The third-order valence-corrected chi connectivity index (χ3v) is 5.92. The number of thioether (sulfide) groups is 1. The number of nitrogens with one attached hydrogen (secondary N) is 1. The van der Waals surface area contributed by atoms with E-state index >= 15 is 0 Å². The van der Waals surface area contributed by atoms with Gasteiger partial charge in [0.1, 0.15) is 11.6 Å². The average Bonchev–Trinajstić information content (AvgIpc) is 3.19. The van der Waals surface area contributed by atoms with Crippen molar-refractivity contribution in [1.29, 1.82) is 0 Å². The van der Waals surface area contributed by atoms with Gasteiger partial charge in [0.15, 0.2) is 5.16 Å². The van der Waals surface area contributed by atoms with Crippen LogP contribution in [0.25, 0.3) is 5.69 Å². The van der Waals surface area contributed by atoms with Gasteiger partial charge in [-0.1, -0.05) is 23.9 Å². The average molecular weight is 440 g/mol. The highest BCUT2D eigenvalue weighted by atomic mass is 32.2. The number of amides is 1. The maximum atomic E-state index is 12.7. The molecule has 1 aromatic heterocycles. The van der Waals surface area contributed by atoms with Crippen LogP contribution in [0.3, 0.4) is 0 Å². The lowest BCUT2D eigenvalue weighted by molar-refractivity contribution is -0.113. The largest absolute Gasteiger partial charge is 0.497 e. The first-order chi connectivity index (χ1) is 15.2. The van der Waals surface area contributed by atoms with E-state index in [1.165, 1.54) is 11.8 Å². The van der Waals surface area contributed by atoms with Crippen LogP contribution in [-0.4, -0.2) is 59.8 Å². The molecule has 1 aliphatic rings. The van der Waals surface area contributed by atoms with Crippen molar-refractivity contribution in [3.8, 4) is 11.4 Å². The first-order valence-corrected chi connectivity index (χ1v) is 11.0. The van der Waals surface area contributed by atoms with Crippen LogP contribution in [0.1, 0.15) is 5.82 Å². The Morgan fingerprint density at radius 3 is 2.61 bits per heavy atom. The highest BCUT2D eigenvalue weighted by Crippen LogP contribution is 2.27. The fourth-order valence-corrected chi connectivity index (χ4v) is 4.24. The molecule has 0 spiro atoms. The minimum Gasteiger partial charge on any atom is -0.497 e. The number of para-hydroxylation sites is 2. The van der Waals surface area contributed by atoms with Crippen molar-refractivity contribution in [1.82, 2.24) is 14.8 Å². The Balaban J connectivity index is 1.43. The molecule has 0 unspecified atom stereocenters. The molecule has 8 nitrogen and oxygen atoms in total. The molecule has 1 aliphatic heterocycles. The zero-order valence-corrected chi connectivity index (χ0v) is 18.4. The van der Waals surface area contributed by atoms with Crippen LogP contribution in [0, 0.1) is 6.92 Å². The number of benzene rings is 2. The summed E-state index contributed by atoms with van der Waals surface area (Å²) in [5.41, 5.74) is 2.74. The number of carbonyl (C=O) groups is 1. The number of morpholine rings is 1. The number of hydrogen-bond donors (Lipinski definition) is 1. The number of aryl methyl sites for hydroxylation is 1. The van der Waals surface area contributed by atoms with Gasteiger partial charge in [0.05, 0.1) is 37.5 Å². The van der Waals surface area contributed by atoms with E-state index in [0.717, 1.165) is 41.7 Å². The molecule has 1 fully saturated rings. The minimum absolute atomic E-state index is 0.0901. The predicted molar refractivity (Wildman–Crippen MR) is 121 cm³/mol. The Hall–Kier alpha value is -3.04. The van der Waals surface area contributed by atoms with E-state index in [0.29, 0.717) is 18.4 Å². The van der Waals surface area contributed by atoms with Crippen LogP contribution >= 0.6 is 11.8 Å². The molecule has 0 aliphatic carbocycles. The summed E-state index contributed by atoms with van der Waals surface area (Å²) in [6.07, 6.45) is 0. The first kappa shape index (κ1) is 21.2. The van der Waals surface area contributed by atoms with Crippen molar-refractivity contribution in [2.45, 2.75) is 12.1 Å². The number of ether oxygens (including phenoxy) is 2. The summed E-state index contributed by atoms with van der Waals surface area (Å²) in [5.74, 6) is 1.67. The van der Waals surface area contributed by atoms with E-state index in [2.05, 4.69) is 20.4 Å². The summed E-state index contributed by atoms with van der Waals surface area (Å²) in [6.45, 7) is 4.90. The van der Waals surface area contributed by atoms with Crippen molar-refractivity contribution < 1.29 is 14.3 Å². The second-order valence-electron chi connectivity index (χ2n) is 7.02. The Labute approximate surface area is 185 Å². The van der Waals surface area contributed by atoms with Crippen molar-refractivity contribution in [3.63, 3.8) is 0 Å². The van der Waals surface area contributed by atoms with Crippen LogP contribution in [0.5, 0.6) is 5.75 Å². The molecule has 0 radical (unpaired) electrons. The van der Waals surface area contributed by atoms with Gasteiger partial charge < -0.3 is 19.7 Å². The zero-order valence-electron chi connectivity index (χ0n) is 17.6. The Bertz CT molecular complexity index is 1030. The highest BCUT2D eigenvalue weighted by molar-refractivity contribution is 7.99. The first-order valence-electron chi connectivity index (χ1n) is 10.1. The van der Waals surface area contributed by atoms with Crippen molar-refractivity contribution >= 4 is 29.0 Å². The third kappa shape index (κ3) is 5.00. The predicted octanol–water partition coefficient (Wildman–Crippen LogP) is 3.15. The standard InChI is InChI=1S/C22H25N5O3S/c1-16-24-25-22(27(16)17-7-9-18(29-2)10-8-17)31-15-21(28)23-19-5-3-4-6-20(19)26-11-13-30-14-12-26/h3-10H,11-15H2,1-2H3,(H,23,28). The molecule has 9 heteroatoms. The molecule has 0 saturated carbocycles. The lowest BCUT2D eigenvalue weighted by atomic mass is 10.2. The van der Waals surface area contributed by atoms with Gasteiger partial charge in [-0.25, -0.2) is 0 Å². The Morgan fingerprint density at radius 2 is 1.87 bits per heavy atom. The molecule has 0 bridgehead atoms. The molecule has 1 amide bonds. The van der Waals surface area contributed by atoms with Gasteiger partial charge in [0, 0.05) is 18.8 Å². The Morgan fingerprint density at radius 1 is 1.13 bits per heavy atom. The lowest BCUT2D eigenvalue weighted by Gasteiger charge is -2.30. The van der Waals surface area contributed by atoms with E-state index < -0.39 is 0 Å². The molecule has 4 rings (SSSR count). The molecule has 1 N–H and O–H groups in total. The normalized spacial score (nSPS) is 13.8. The van der Waals surface area contributed by atoms with E-state index in [-0.39, 0.29) is 11.7 Å². The SMILES string of the molecule is COc1ccc(-n2c(C)nnc2SCC(=O)Nc2ccccc2N2CCOCC2)cc1. The van der Waals surface area contributed by atoms with Gasteiger partial charge in [0.25, 0.3) is 0 Å². The molecule has 0 atom stereocenters. The van der Waals surface area contributed by atoms with Crippen molar-refractivity contribution in [2.75, 3.05) is 49.4 Å². The van der Waals surface area contributed by atoms with Crippen LogP contribution in [-0.2, 0) is 9.53 Å². The second kappa shape index (κ2) is 9.84. The van der Waals surface area contributed by atoms with Crippen LogP contribution in [0.4, 0.5) is 11.4 Å². The van der Waals surface area contributed by atoms with Gasteiger partial charge in [-0.15, -0.1) is 10.2 Å². The highest BCUT2D eigenvalue weighted by Gasteiger charge is 2.17. The number of hydrogen-bond acceptors (Lipinski definition) is 7.